The van der Waals surface area contributed by atoms with Crippen molar-refractivity contribution >= 4 is 20.4 Å². The van der Waals surface area contributed by atoms with Gasteiger partial charge < -0.3 is 18.9 Å². The van der Waals surface area contributed by atoms with Crippen molar-refractivity contribution in [1.82, 2.24) is 0 Å². The minimum Gasteiger partial charge on any atom is -0.353 e. The van der Waals surface area contributed by atoms with Gasteiger partial charge in [0.2, 0.25) is 0 Å². The van der Waals surface area contributed by atoms with Gasteiger partial charge in [-0.05, 0) is 51.4 Å². The summed E-state index contributed by atoms with van der Waals surface area (Å²) in [5.41, 5.74) is 0. The molecule has 0 aromatic rings. The van der Waals surface area contributed by atoms with Crippen molar-refractivity contribution in [2.24, 2.45) is 0 Å². The first-order chi connectivity index (χ1) is 16.3. The number of hydrogen-bond acceptors (Lipinski definition) is 4. The van der Waals surface area contributed by atoms with Crippen LogP contribution in [-0.2, 0) is 18.9 Å². The Balaban J connectivity index is 3.66. The molecule has 0 bridgehead atoms. The third-order valence-electron chi connectivity index (χ3n) is 6.09. The summed E-state index contributed by atoms with van der Waals surface area (Å²) in [7, 11) is 0. The molecule has 0 atom stereocenters. The number of unbranched alkanes of at least 4 members (excludes halogenated alkanes) is 8. The maximum absolute atomic E-state index is 5.95. The fraction of sp³-hybridized carbons (Fsp3) is 1.00. The van der Waals surface area contributed by atoms with Crippen LogP contribution in [0.1, 0.15) is 130 Å². The van der Waals surface area contributed by atoms with Crippen molar-refractivity contribution in [3.8, 4) is 0 Å². The van der Waals surface area contributed by atoms with E-state index in [0.717, 1.165) is 65.0 Å². The molecule has 0 heterocycles. The lowest BCUT2D eigenvalue weighted by Crippen LogP contribution is -2.18. The van der Waals surface area contributed by atoms with Gasteiger partial charge in [0.1, 0.15) is 0 Å². The Kier molecular flexibility index (Phi) is 29.4. The Hall–Kier alpha value is 0.606. The molecule has 5 heteroatoms. The molecule has 196 valence electrons. The van der Waals surface area contributed by atoms with Gasteiger partial charge in [0.15, 0.2) is 12.6 Å². The second-order valence-electron chi connectivity index (χ2n) is 9.52. The molecule has 0 spiro atoms. The van der Waals surface area contributed by atoms with Crippen LogP contribution in [0.4, 0.5) is 0 Å². The van der Waals surface area contributed by atoms with E-state index in [1.54, 1.807) is 0 Å². The van der Waals surface area contributed by atoms with E-state index >= 15 is 0 Å². The standard InChI is InChI=1S/2C14H29O2.Mg/c2*1-4-7-10-11-14(15-12-8-5-2)16-13-9-6-3;/h2*14H,1,4-13H2,2-3H3;. The highest BCUT2D eigenvalue weighted by Gasteiger charge is 2.10. The monoisotopic (exact) mass is 482 g/mol. The molecule has 4 nitrogen and oxygen atoms in total. The second-order valence-corrected chi connectivity index (χ2v) is 11.6. The van der Waals surface area contributed by atoms with E-state index in [2.05, 4.69) is 27.7 Å². The quantitative estimate of drug-likeness (QED) is 0.0635. The van der Waals surface area contributed by atoms with Crippen LogP contribution < -0.4 is 0 Å². The summed E-state index contributed by atoms with van der Waals surface area (Å²) in [6, 6.07) is 0. The maximum atomic E-state index is 5.95. The summed E-state index contributed by atoms with van der Waals surface area (Å²) in [6.07, 6.45) is 19.5. The largest absolute Gasteiger partial charge is 0.364 e. The van der Waals surface area contributed by atoms with Crippen LogP contribution in [0.2, 0.25) is 9.10 Å². The molecule has 0 aliphatic carbocycles. The van der Waals surface area contributed by atoms with Gasteiger partial charge in [-0.3, -0.25) is 0 Å². The van der Waals surface area contributed by atoms with Crippen molar-refractivity contribution in [2.45, 2.75) is 152 Å². The third kappa shape index (κ3) is 25.5. The zero-order valence-corrected chi connectivity index (χ0v) is 24.5. The number of hydrogen-bond donors (Lipinski definition) is 0. The summed E-state index contributed by atoms with van der Waals surface area (Å²) in [6.45, 7) is 12.2. The van der Waals surface area contributed by atoms with Crippen LogP contribution in [0, 0.1) is 0 Å². The topological polar surface area (TPSA) is 36.9 Å². The highest BCUT2D eigenvalue weighted by atomic mass is 24.5. The molecule has 0 radical (unpaired) electrons. The summed E-state index contributed by atoms with van der Waals surface area (Å²) in [5.74, 6) is 0. The van der Waals surface area contributed by atoms with Crippen LogP contribution >= 0.6 is 0 Å². The Labute approximate surface area is 217 Å². The van der Waals surface area contributed by atoms with Gasteiger partial charge in [-0.15, -0.1) is 9.10 Å². The molecule has 0 aromatic carbocycles. The molecular weight excluding hydrogens is 425 g/mol. The van der Waals surface area contributed by atoms with Crippen molar-refractivity contribution in [3.63, 3.8) is 0 Å². The fourth-order valence-electron chi connectivity index (χ4n) is 3.73. The SMILES string of the molecule is CCCCOC(CCCC[CH2][Mg][CH2]CCCCC(OCCCC)OCCCC)OCCCC. The Morgan fingerprint density at radius 3 is 1.06 bits per heavy atom. The molecule has 0 saturated heterocycles. The van der Waals surface area contributed by atoms with Crippen molar-refractivity contribution in [1.29, 1.82) is 0 Å². The number of ether oxygens (including phenoxy) is 4. The normalized spacial score (nSPS) is 11.6. The molecule has 0 aliphatic heterocycles. The van der Waals surface area contributed by atoms with Gasteiger partial charge in [0, 0.05) is 26.4 Å². The van der Waals surface area contributed by atoms with Gasteiger partial charge in [-0.1, -0.05) is 79.1 Å². The Bertz CT molecular complexity index is 305. The highest BCUT2D eigenvalue weighted by Crippen LogP contribution is 2.14. The second kappa shape index (κ2) is 28.8. The average molecular weight is 483 g/mol. The van der Waals surface area contributed by atoms with E-state index in [1.165, 1.54) is 73.3 Å². The molecule has 33 heavy (non-hydrogen) atoms. The minimum absolute atomic E-state index is 0.0288. The predicted octanol–water partition coefficient (Wildman–Crippen LogP) is 8.57. The first-order valence-corrected chi connectivity index (χ1v) is 16.7. The summed E-state index contributed by atoms with van der Waals surface area (Å²) in [4.78, 5) is 0. The predicted molar refractivity (Wildman–Crippen MR) is 143 cm³/mol. The Morgan fingerprint density at radius 1 is 0.424 bits per heavy atom. The van der Waals surface area contributed by atoms with E-state index in [-0.39, 0.29) is 32.9 Å². The van der Waals surface area contributed by atoms with Crippen LogP contribution in [-0.4, -0.2) is 59.4 Å². The first kappa shape index (κ1) is 33.6. The fourth-order valence-corrected chi connectivity index (χ4v) is 5.49. The average Bonchev–Trinajstić information content (AvgIpc) is 2.82. The van der Waals surface area contributed by atoms with Crippen molar-refractivity contribution in [2.75, 3.05) is 26.4 Å². The van der Waals surface area contributed by atoms with Crippen molar-refractivity contribution in [3.05, 3.63) is 0 Å². The maximum Gasteiger partial charge on any atom is 0.364 e. The minimum atomic E-state index is 0.0288. The van der Waals surface area contributed by atoms with Crippen LogP contribution in [0.25, 0.3) is 0 Å². The molecule has 0 rings (SSSR count). The Morgan fingerprint density at radius 2 is 0.758 bits per heavy atom. The van der Waals surface area contributed by atoms with Crippen LogP contribution in [0.3, 0.4) is 0 Å². The smallest absolute Gasteiger partial charge is 0.353 e. The van der Waals surface area contributed by atoms with Crippen LogP contribution in [0.5, 0.6) is 0 Å². The molecular formula is C28H58MgO4. The lowest BCUT2D eigenvalue weighted by atomic mass is 10.2. The number of rotatable bonds is 28. The lowest BCUT2D eigenvalue weighted by molar-refractivity contribution is -0.147. The van der Waals surface area contributed by atoms with E-state index in [1.807, 2.05) is 0 Å². The van der Waals surface area contributed by atoms with Gasteiger partial charge in [-0.2, -0.15) is 0 Å². The zero-order valence-electron chi connectivity index (χ0n) is 23.1. The summed E-state index contributed by atoms with van der Waals surface area (Å²) in [5, 5.41) is 0. The van der Waals surface area contributed by atoms with Gasteiger partial charge in [-0.25, -0.2) is 0 Å². The van der Waals surface area contributed by atoms with E-state index < -0.39 is 0 Å². The van der Waals surface area contributed by atoms with Gasteiger partial charge >= 0.3 is 20.4 Å². The zero-order chi connectivity index (χ0) is 24.2. The van der Waals surface area contributed by atoms with E-state index in [9.17, 15) is 0 Å². The lowest BCUT2D eigenvalue weighted by Gasteiger charge is -2.18. The molecule has 0 unspecified atom stereocenters. The molecule has 0 amide bonds. The molecule has 0 saturated carbocycles. The summed E-state index contributed by atoms with van der Waals surface area (Å²) < 4.78 is 26.8. The third-order valence-corrected chi connectivity index (χ3v) is 8.09. The summed E-state index contributed by atoms with van der Waals surface area (Å²) >= 11 is 0.126. The first-order valence-electron chi connectivity index (χ1n) is 14.7. The van der Waals surface area contributed by atoms with E-state index in [0.29, 0.717) is 0 Å². The van der Waals surface area contributed by atoms with Crippen molar-refractivity contribution < 1.29 is 18.9 Å². The molecule has 0 fully saturated rings. The molecule has 0 N–H and O–H groups in total. The molecule has 0 aliphatic rings. The molecule has 0 aromatic heterocycles. The van der Waals surface area contributed by atoms with Crippen LogP contribution in [0.15, 0.2) is 0 Å². The van der Waals surface area contributed by atoms with Gasteiger partial charge in [0.05, 0.1) is 0 Å². The van der Waals surface area contributed by atoms with E-state index in [4.69, 9.17) is 18.9 Å². The van der Waals surface area contributed by atoms with Gasteiger partial charge in [0.25, 0.3) is 0 Å². The highest BCUT2D eigenvalue weighted by molar-refractivity contribution is 6.35.